The maximum Gasteiger partial charge on any atom is 0.262 e. The van der Waals surface area contributed by atoms with Crippen LogP contribution in [-0.4, -0.2) is 43.0 Å². The molecule has 0 spiro atoms. The van der Waals surface area contributed by atoms with Crippen LogP contribution in [0.1, 0.15) is 11.1 Å². The zero-order chi connectivity index (χ0) is 24.2. The molecule has 1 aliphatic rings. The lowest BCUT2D eigenvalue weighted by Gasteiger charge is -2.29. The topological polar surface area (TPSA) is 56.6 Å². The third-order valence-corrected chi connectivity index (χ3v) is 7.36. The smallest absolute Gasteiger partial charge is 0.262 e. The molecule has 0 bridgehead atoms. The molecule has 35 heavy (non-hydrogen) atoms. The van der Waals surface area contributed by atoms with Crippen molar-refractivity contribution in [1.29, 1.82) is 0 Å². The van der Waals surface area contributed by atoms with Gasteiger partial charge in [-0.1, -0.05) is 47.6 Å². The third-order valence-electron chi connectivity index (χ3n) is 6.06. The molecule has 3 aromatic carbocycles. The Bertz CT molecular complexity index is 1370. The number of methoxy groups -OCH3 is 1. The van der Waals surface area contributed by atoms with E-state index in [1.54, 1.807) is 23.4 Å². The monoisotopic (exact) mass is 507 g/mol. The van der Waals surface area contributed by atoms with E-state index in [0.717, 1.165) is 35.7 Å². The summed E-state index contributed by atoms with van der Waals surface area (Å²) in [5, 5.41) is 2.01. The average molecular weight is 508 g/mol. The lowest BCUT2D eigenvalue weighted by Crippen LogP contribution is -2.36. The van der Waals surface area contributed by atoms with Crippen LogP contribution < -0.4 is 15.2 Å². The molecule has 1 saturated heterocycles. The number of aromatic nitrogens is 2. The predicted molar refractivity (Wildman–Crippen MR) is 142 cm³/mol. The second-order valence-electron chi connectivity index (χ2n) is 8.35. The van der Waals surface area contributed by atoms with Crippen molar-refractivity contribution >= 4 is 40.0 Å². The molecule has 4 aromatic rings. The van der Waals surface area contributed by atoms with Crippen LogP contribution in [0.4, 0.5) is 5.69 Å². The van der Waals surface area contributed by atoms with Gasteiger partial charge in [0.05, 0.1) is 37.8 Å². The summed E-state index contributed by atoms with van der Waals surface area (Å²) in [6.07, 6.45) is 0. The van der Waals surface area contributed by atoms with E-state index in [4.69, 9.17) is 26.1 Å². The number of ether oxygens (including phenoxy) is 2. The number of anilines is 1. The molecule has 5 rings (SSSR count). The molecule has 8 heteroatoms. The van der Waals surface area contributed by atoms with Crippen molar-refractivity contribution < 1.29 is 9.47 Å². The number of halogens is 1. The van der Waals surface area contributed by atoms with Crippen LogP contribution in [-0.2, 0) is 17.0 Å². The quantitative estimate of drug-likeness (QED) is 0.252. The molecule has 0 amide bonds. The zero-order valence-electron chi connectivity index (χ0n) is 19.4. The van der Waals surface area contributed by atoms with Crippen LogP contribution in [0.3, 0.4) is 0 Å². The highest BCUT2D eigenvalue weighted by Gasteiger charge is 2.16. The number of fused-ring (bicyclic) bond motifs is 1. The Labute approximate surface area is 213 Å². The van der Waals surface area contributed by atoms with Crippen LogP contribution in [0.15, 0.2) is 76.7 Å². The molecule has 0 aliphatic carbocycles. The van der Waals surface area contributed by atoms with E-state index < -0.39 is 0 Å². The Morgan fingerprint density at radius 2 is 1.71 bits per heavy atom. The number of rotatable bonds is 7. The van der Waals surface area contributed by atoms with Crippen molar-refractivity contribution in [3.63, 3.8) is 0 Å². The van der Waals surface area contributed by atoms with E-state index in [1.807, 2.05) is 66.7 Å². The third kappa shape index (κ3) is 5.48. The Hall–Kier alpha value is -3.00. The van der Waals surface area contributed by atoms with Crippen LogP contribution in [0.2, 0.25) is 5.02 Å². The summed E-state index contributed by atoms with van der Waals surface area (Å²) >= 11 is 7.59. The molecule has 6 nitrogen and oxygen atoms in total. The second-order valence-corrected chi connectivity index (χ2v) is 9.73. The van der Waals surface area contributed by atoms with Gasteiger partial charge in [-0.05, 0) is 53.6 Å². The van der Waals surface area contributed by atoms with Gasteiger partial charge in [0, 0.05) is 29.6 Å². The van der Waals surface area contributed by atoms with Gasteiger partial charge >= 0.3 is 0 Å². The molecule has 0 N–H and O–H groups in total. The first-order valence-electron chi connectivity index (χ1n) is 11.5. The Kier molecular flexibility index (Phi) is 7.27. The zero-order valence-corrected chi connectivity index (χ0v) is 21.0. The van der Waals surface area contributed by atoms with Gasteiger partial charge in [-0.2, -0.15) is 0 Å². The van der Waals surface area contributed by atoms with Gasteiger partial charge in [-0.3, -0.25) is 9.36 Å². The largest absolute Gasteiger partial charge is 0.497 e. The minimum Gasteiger partial charge on any atom is -0.497 e. The highest BCUT2D eigenvalue weighted by atomic mass is 35.5. The fourth-order valence-corrected chi connectivity index (χ4v) is 5.18. The van der Waals surface area contributed by atoms with E-state index in [2.05, 4.69) is 4.90 Å². The maximum absolute atomic E-state index is 13.8. The molecule has 1 aliphatic heterocycles. The Morgan fingerprint density at radius 3 is 2.43 bits per heavy atom. The molecular formula is C27H26ClN3O3S. The van der Waals surface area contributed by atoms with Gasteiger partial charge in [0.25, 0.3) is 5.56 Å². The van der Waals surface area contributed by atoms with Gasteiger partial charge in [-0.15, -0.1) is 0 Å². The van der Waals surface area contributed by atoms with E-state index in [0.29, 0.717) is 46.6 Å². The summed E-state index contributed by atoms with van der Waals surface area (Å²) < 4.78 is 12.5. The fourth-order valence-electron chi connectivity index (χ4n) is 4.10. The highest BCUT2D eigenvalue weighted by molar-refractivity contribution is 7.98. The fraction of sp³-hybridized carbons (Fsp3) is 0.259. The highest BCUT2D eigenvalue weighted by Crippen LogP contribution is 2.26. The first-order chi connectivity index (χ1) is 17.1. The summed E-state index contributed by atoms with van der Waals surface area (Å²) in [6, 6.07) is 21.5. The molecule has 0 radical (unpaired) electrons. The summed E-state index contributed by atoms with van der Waals surface area (Å²) in [6.45, 7) is 3.44. The first kappa shape index (κ1) is 23.7. The molecule has 2 heterocycles. The minimum atomic E-state index is -0.0421. The normalized spacial score (nSPS) is 13.8. The summed E-state index contributed by atoms with van der Waals surface area (Å²) in [5.41, 5.74) is 3.81. The molecule has 0 atom stereocenters. The second kappa shape index (κ2) is 10.7. The maximum atomic E-state index is 13.8. The predicted octanol–water partition coefficient (Wildman–Crippen LogP) is 5.24. The summed E-state index contributed by atoms with van der Waals surface area (Å²) in [7, 11) is 1.64. The number of hydrogen-bond acceptors (Lipinski definition) is 6. The SMILES string of the molecule is COc1ccc(Cn2c(SCc3ccc(Cl)cc3)nc3ccc(N4CCOCC4)cc3c2=O)cc1. The number of benzene rings is 3. The van der Waals surface area contributed by atoms with Gasteiger partial charge in [0.2, 0.25) is 0 Å². The molecular weight excluding hydrogens is 482 g/mol. The van der Waals surface area contributed by atoms with Crippen LogP contribution in [0.5, 0.6) is 5.75 Å². The number of thioether (sulfide) groups is 1. The van der Waals surface area contributed by atoms with E-state index >= 15 is 0 Å². The van der Waals surface area contributed by atoms with Gasteiger partial charge in [0.15, 0.2) is 5.16 Å². The summed E-state index contributed by atoms with van der Waals surface area (Å²) in [4.78, 5) is 21.0. The van der Waals surface area contributed by atoms with E-state index in [1.165, 1.54) is 0 Å². The molecule has 1 fully saturated rings. The lowest BCUT2D eigenvalue weighted by molar-refractivity contribution is 0.122. The lowest BCUT2D eigenvalue weighted by atomic mass is 10.2. The first-order valence-corrected chi connectivity index (χ1v) is 12.8. The molecule has 0 saturated carbocycles. The van der Waals surface area contributed by atoms with E-state index in [9.17, 15) is 4.79 Å². The Balaban J connectivity index is 1.53. The van der Waals surface area contributed by atoms with Crippen molar-refractivity contribution in [2.75, 3.05) is 38.3 Å². The number of morpholine rings is 1. The standard InChI is InChI=1S/C27H26ClN3O3S/c1-33-23-9-4-19(5-10-23)17-31-26(32)24-16-22(30-12-14-34-15-13-30)8-11-25(24)29-27(31)35-18-20-2-6-21(28)7-3-20/h2-11,16H,12-15,17-18H2,1H3. The van der Waals surface area contributed by atoms with Crippen LogP contribution in [0.25, 0.3) is 10.9 Å². The minimum absolute atomic E-state index is 0.0421. The van der Waals surface area contributed by atoms with Crippen molar-refractivity contribution in [1.82, 2.24) is 9.55 Å². The van der Waals surface area contributed by atoms with E-state index in [-0.39, 0.29) is 5.56 Å². The van der Waals surface area contributed by atoms with Crippen molar-refractivity contribution in [2.24, 2.45) is 0 Å². The van der Waals surface area contributed by atoms with Crippen molar-refractivity contribution in [2.45, 2.75) is 17.5 Å². The molecule has 0 unspecified atom stereocenters. The Morgan fingerprint density at radius 1 is 1.00 bits per heavy atom. The van der Waals surface area contributed by atoms with Crippen molar-refractivity contribution in [3.8, 4) is 5.75 Å². The average Bonchev–Trinajstić information content (AvgIpc) is 2.91. The molecule has 1 aromatic heterocycles. The molecule has 180 valence electrons. The van der Waals surface area contributed by atoms with Gasteiger partial charge in [0.1, 0.15) is 5.75 Å². The van der Waals surface area contributed by atoms with Crippen LogP contribution in [0, 0.1) is 0 Å². The van der Waals surface area contributed by atoms with Gasteiger partial charge < -0.3 is 14.4 Å². The number of nitrogens with zero attached hydrogens (tertiary/aromatic N) is 3. The van der Waals surface area contributed by atoms with Crippen molar-refractivity contribution in [3.05, 3.63) is 93.2 Å². The summed E-state index contributed by atoms with van der Waals surface area (Å²) in [5.74, 6) is 1.47. The number of hydrogen-bond donors (Lipinski definition) is 0. The van der Waals surface area contributed by atoms with Crippen LogP contribution >= 0.6 is 23.4 Å². The van der Waals surface area contributed by atoms with Gasteiger partial charge in [-0.25, -0.2) is 4.98 Å².